The molecule has 0 saturated carbocycles. The summed E-state index contributed by atoms with van der Waals surface area (Å²) in [5.41, 5.74) is 2.49. The van der Waals surface area contributed by atoms with E-state index in [1.54, 1.807) is 17.0 Å². The number of fused-ring (bicyclic) bond motifs is 1. The number of hydrogen-bond donors (Lipinski definition) is 2. The fourth-order valence-electron chi connectivity index (χ4n) is 2.85. The van der Waals surface area contributed by atoms with Crippen molar-refractivity contribution >= 4 is 47.0 Å². The zero-order chi connectivity index (χ0) is 18.6. The molecule has 0 bridgehead atoms. The maximum Gasteiger partial charge on any atom is 0.163 e. The summed E-state index contributed by atoms with van der Waals surface area (Å²) in [5, 5.41) is 7.00. The summed E-state index contributed by atoms with van der Waals surface area (Å²) >= 11 is 6.04. The van der Waals surface area contributed by atoms with E-state index in [1.165, 1.54) is 6.33 Å². The van der Waals surface area contributed by atoms with E-state index in [-0.39, 0.29) is 0 Å². The molecule has 0 saturated heterocycles. The number of rotatable bonds is 5. The van der Waals surface area contributed by atoms with Gasteiger partial charge in [-0.2, -0.15) is 0 Å². The van der Waals surface area contributed by atoms with Crippen molar-refractivity contribution in [2.45, 2.75) is 6.17 Å². The summed E-state index contributed by atoms with van der Waals surface area (Å²) < 4.78 is 0. The first-order chi connectivity index (χ1) is 13.2. The maximum absolute atomic E-state index is 11.6. The monoisotopic (exact) mass is 377 g/mol. The second-order valence-electron chi connectivity index (χ2n) is 5.92. The molecule has 0 amide bonds. The van der Waals surface area contributed by atoms with E-state index in [4.69, 9.17) is 11.6 Å². The number of carbonyl (C=O) groups is 1. The summed E-state index contributed by atoms with van der Waals surface area (Å²) in [4.78, 5) is 22.0. The Kier molecular flexibility index (Phi) is 4.72. The van der Waals surface area contributed by atoms with Gasteiger partial charge < -0.3 is 15.5 Å². The first kappa shape index (κ1) is 17.1. The minimum atomic E-state index is -0.559. The van der Waals surface area contributed by atoms with E-state index in [9.17, 15) is 4.79 Å². The number of hydrogen-bond acceptors (Lipinski definition) is 6. The van der Waals surface area contributed by atoms with Crippen molar-refractivity contribution in [2.75, 3.05) is 15.5 Å². The number of halogens is 1. The first-order valence-electron chi connectivity index (χ1n) is 8.35. The number of nitrogens with zero attached hydrogens (tertiary/aromatic N) is 3. The van der Waals surface area contributed by atoms with E-state index < -0.39 is 6.17 Å². The second kappa shape index (κ2) is 7.47. The molecule has 2 heterocycles. The van der Waals surface area contributed by atoms with Crippen LogP contribution in [0.15, 0.2) is 67.1 Å². The van der Waals surface area contributed by atoms with Gasteiger partial charge in [-0.15, -0.1) is 0 Å². The zero-order valence-electron chi connectivity index (χ0n) is 14.2. The van der Waals surface area contributed by atoms with Gasteiger partial charge in [-0.1, -0.05) is 48.0 Å². The van der Waals surface area contributed by atoms with Crippen molar-refractivity contribution in [3.8, 4) is 0 Å². The molecule has 7 heteroatoms. The Bertz CT molecular complexity index is 993. The van der Waals surface area contributed by atoms with Gasteiger partial charge in [0.15, 0.2) is 24.1 Å². The van der Waals surface area contributed by atoms with Crippen molar-refractivity contribution in [1.82, 2.24) is 9.97 Å². The average Bonchev–Trinajstić information content (AvgIpc) is 3.06. The molecule has 0 aliphatic carbocycles. The molecule has 0 fully saturated rings. The topological polar surface area (TPSA) is 70.1 Å². The summed E-state index contributed by atoms with van der Waals surface area (Å²) in [5.74, 6) is 1.20. The third kappa shape index (κ3) is 3.61. The highest BCUT2D eigenvalue weighted by Gasteiger charge is 2.31. The van der Waals surface area contributed by atoms with Crippen LogP contribution in [-0.4, -0.2) is 22.4 Å². The highest BCUT2D eigenvalue weighted by atomic mass is 35.5. The summed E-state index contributed by atoms with van der Waals surface area (Å²) in [6.07, 6.45) is 5.50. The van der Waals surface area contributed by atoms with E-state index in [1.807, 2.05) is 54.7 Å². The van der Waals surface area contributed by atoms with Crippen molar-refractivity contribution in [3.63, 3.8) is 0 Å². The maximum atomic E-state index is 11.6. The number of nitrogens with one attached hydrogen (secondary N) is 2. The lowest BCUT2D eigenvalue weighted by molar-refractivity contribution is -0.108. The molecule has 1 unspecified atom stereocenters. The molecule has 134 valence electrons. The first-order valence-corrected chi connectivity index (χ1v) is 8.73. The molecule has 27 heavy (non-hydrogen) atoms. The molecule has 6 nitrogen and oxygen atoms in total. The Hall–Kier alpha value is -3.38. The highest BCUT2D eigenvalue weighted by molar-refractivity contribution is 6.30. The summed E-state index contributed by atoms with van der Waals surface area (Å²) in [6, 6.07) is 17.2. The number of anilines is 4. The number of carbonyl (C=O) groups excluding carboxylic acids is 1. The molecule has 0 radical (unpaired) electrons. The van der Waals surface area contributed by atoms with E-state index in [2.05, 4.69) is 20.6 Å². The Morgan fingerprint density at radius 3 is 2.74 bits per heavy atom. The number of aromatic nitrogens is 2. The van der Waals surface area contributed by atoms with Gasteiger partial charge in [-0.3, -0.25) is 4.79 Å². The number of benzene rings is 2. The van der Waals surface area contributed by atoms with Crippen LogP contribution in [0, 0.1) is 0 Å². The van der Waals surface area contributed by atoms with Crippen LogP contribution in [-0.2, 0) is 4.79 Å². The molecule has 0 spiro atoms. The van der Waals surface area contributed by atoms with E-state index in [0.717, 1.165) is 17.5 Å². The molecule has 2 N–H and O–H groups in total. The fraction of sp³-hybridized carbons (Fsp3) is 0.0500. The van der Waals surface area contributed by atoms with Gasteiger partial charge in [0.25, 0.3) is 0 Å². The van der Waals surface area contributed by atoms with Crippen LogP contribution < -0.4 is 15.5 Å². The predicted molar refractivity (Wildman–Crippen MR) is 108 cm³/mol. The molecule has 4 rings (SSSR count). The van der Waals surface area contributed by atoms with Crippen LogP contribution in [0.5, 0.6) is 0 Å². The van der Waals surface area contributed by atoms with Gasteiger partial charge in [0, 0.05) is 16.9 Å². The smallest absolute Gasteiger partial charge is 0.163 e. The Labute approximate surface area is 161 Å². The SMILES string of the molecule is O=CC1Nc2c(Nc3cccc(Cl)c3)ncnc2N1C=Cc1ccccc1. The highest BCUT2D eigenvalue weighted by Crippen LogP contribution is 2.38. The summed E-state index contributed by atoms with van der Waals surface area (Å²) in [6.45, 7) is 0. The molecule has 3 aromatic rings. The predicted octanol–water partition coefficient (Wildman–Crippen LogP) is 4.30. The number of aldehydes is 1. The van der Waals surface area contributed by atoms with Crippen LogP contribution in [0.4, 0.5) is 23.0 Å². The standard InChI is InChI=1S/C20H16ClN5O/c21-15-7-4-8-16(11-15)24-19-18-20(23-13-22-19)26(17(12-27)25-18)10-9-14-5-2-1-3-6-14/h1-13,17,25H,(H,22,23,24). The second-order valence-corrected chi connectivity index (χ2v) is 6.35. The molecule has 2 aromatic carbocycles. The largest absolute Gasteiger partial charge is 0.353 e. The average molecular weight is 378 g/mol. The van der Waals surface area contributed by atoms with Crippen molar-refractivity contribution in [2.24, 2.45) is 0 Å². The van der Waals surface area contributed by atoms with E-state index >= 15 is 0 Å². The van der Waals surface area contributed by atoms with Gasteiger partial charge in [-0.25, -0.2) is 9.97 Å². The van der Waals surface area contributed by atoms with E-state index in [0.29, 0.717) is 22.3 Å². The Morgan fingerprint density at radius 2 is 1.96 bits per heavy atom. The molecular weight excluding hydrogens is 362 g/mol. The van der Waals surface area contributed by atoms with Crippen molar-refractivity contribution in [3.05, 3.63) is 77.7 Å². The Morgan fingerprint density at radius 1 is 1.11 bits per heavy atom. The van der Waals surface area contributed by atoms with Gasteiger partial charge >= 0.3 is 0 Å². The quantitative estimate of drug-likeness (QED) is 0.646. The fourth-order valence-corrected chi connectivity index (χ4v) is 3.04. The molecule has 1 aromatic heterocycles. The normalized spacial score (nSPS) is 15.4. The van der Waals surface area contributed by atoms with Gasteiger partial charge in [0.05, 0.1) is 0 Å². The van der Waals surface area contributed by atoms with Crippen LogP contribution >= 0.6 is 11.6 Å². The molecule has 1 aliphatic rings. The lowest BCUT2D eigenvalue weighted by Crippen LogP contribution is -2.32. The van der Waals surface area contributed by atoms with Gasteiger partial charge in [0.2, 0.25) is 0 Å². The third-order valence-corrected chi connectivity index (χ3v) is 4.34. The molecule has 1 aliphatic heterocycles. The minimum absolute atomic E-state index is 0.559. The van der Waals surface area contributed by atoms with Crippen LogP contribution in [0.3, 0.4) is 0 Å². The molecular formula is C20H16ClN5O. The lowest BCUT2D eigenvalue weighted by atomic mass is 10.2. The van der Waals surface area contributed by atoms with Crippen molar-refractivity contribution in [1.29, 1.82) is 0 Å². The third-order valence-electron chi connectivity index (χ3n) is 4.11. The lowest BCUT2D eigenvalue weighted by Gasteiger charge is -2.16. The van der Waals surface area contributed by atoms with Crippen LogP contribution in [0.1, 0.15) is 5.56 Å². The van der Waals surface area contributed by atoms with Crippen LogP contribution in [0.2, 0.25) is 5.02 Å². The molecule has 1 atom stereocenters. The van der Waals surface area contributed by atoms with Gasteiger partial charge in [-0.05, 0) is 29.8 Å². The van der Waals surface area contributed by atoms with Crippen molar-refractivity contribution < 1.29 is 4.79 Å². The summed E-state index contributed by atoms with van der Waals surface area (Å²) in [7, 11) is 0. The minimum Gasteiger partial charge on any atom is -0.353 e. The van der Waals surface area contributed by atoms with Crippen LogP contribution in [0.25, 0.3) is 6.08 Å². The zero-order valence-corrected chi connectivity index (χ0v) is 15.0. The Balaban J connectivity index is 1.66. The van der Waals surface area contributed by atoms with Gasteiger partial charge in [0.1, 0.15) is 12.0 Å².